The normalized spacial score (nSPS) is 23.1. The number of carboxylic acids is 1. The predicted molar refractivity (Wildman–Crippen MR) is 103 cm³/mol. The zero-order chi connectivity index (χ0) is 22.8. The first-order valence-electron chi connectivity index (χ1n) is 9.51. The van der Waals surface area contributed by atoms with E-state index in [2.05, 4.69) is 16.9 Å². The fraction of sp³-hybridized carbons (Fsp3) is 0.400. The molecular weight excluding hydrogens is 417 g/mol. The number of amides is 2. The van der Waals surface area contributed by atoms with Crippen molar-refractivity contribution >= 4 is 23.5 Å². The van der Waals surface area contributed by atoms with E-state index in [1.807, 2.05) is 23.1 Å². The van der Waals surface area contributed by atoms with E-state index >= 15 is 0 Å². The summed E-state index contributed by atoms with van der Waals surface area (Å²) in [5.41, 5.74) is 0.937. The Kier molecular flexibility index (Phi) is 6.05. The second-order valence-electron chi connectivity index (χ2n) is 7.55. The van der Waals surface area contributed by atoms with Crippen LogP contribution in [0.5, 0.6) is 0 Å². The minimum absolute atomic E-state index is 0.0312. The molecule has 0 aliphatic carbocycles. The molecule has 1 spiro atoms. The van der Waals surface area contributed by atoms with Crippen LogP contribution in [-0.2, 0) is 9.59 Å². The highest BCUT2D eigenvalue weighted by Crippen LogP contribution is 2.46. The molecule has 0 unspecified atom stereocenters. The fourth-order valence-corrected chi connectivity index (χ4v) is 4.01. The summed E-state index contributed by atoms with van der Waals surface area (Å²) in [6, 6.07) is 7.34. The molecule has 31 heavy (non-hydrogen) atoms. The number of nitrogens with zero attached hydrogens (tertiary/aromatic N) is 3. The molecule has 4 rings (SSSR count). The van der Waals surface area contributed by atoms with Gasteiger partial charge in [-0.3, -0.25) is 14.6 Å². The van der Waals surface area contributed by atoms with Crippen LogP contribution in [0, 0.1) is 11.3 Å². The van der Waals surface area contributed by atoms with Crippen molar-refractivity contribution in [2.75, 3.05) is 24.5 Å². The molecule has 8 nitrogen and oxygen atoms in total. The molecule has 166 valence electrons. The van der Waals surface area contributed by atoms with Crippen LogP contribution in [0.4, 0.5) is 18.9 Å². The largest absolute Gasteiger partial charge is 0.490 e. The quantitative estimate of drug-likeness (QED) is 0.750. The zero-order valence-electron chi connectivity index (χ0n) is 16.6. The summed E-state index contributed by atoms with van der Waals surface area (Å²) in [6.07, 6.45) is 0.858. The maximum atomic E-state index is 13.1. The molecule has 2 atom stereocenters. The lowest BCUT2D eigenvalue weighted by Gasteiger charge is -2.26. The third kappa shape index (κ3) is 4.39. The molecule has 0 aromatic carbocycles. The third-order valence-corrected chi connectivity index (χ3v) is 5.68. The van der Waals surface area contributed by atoms with Crippen molar-refractivity contribution in [3.8, 4) is 0 Å². The number of aromatic amines is 1. The molecule has 0 bridgehead atoms. The minimum atomic E-state index is -5.08. The minimum Gasteiger partial charge on any atom is -0.475 e. The van der Waals surface area contributed by atoms with Gasteiger partial charge in [-0.25, -0.2) is 4.79 Å². The average molecular weight is 438 g/mol. The van der Waals surface area contributed by atoms with Crippen molar-refractivity contribution in [1.29, 1.82) is 0 Å². The molecule has 2 saturated heterocycles. The number of aromatic nitrogens is 2. The van der Waals surface area contributed by atoms with Crippen molar-refractivity contribution < 1.29 is 32.7 Å². The van der Waals surface area contributed by atoms with Crippen LogP contribution < -0.4 is 4.90 Å². The van der Waals surface area contributed by atoms with Crippen LogP contribution in [0.15, 0.2) is 42.9 Å². The molecule has 2 N–H and O–H groups in total. The maximum Gasteiger partial charge on any atom is 0.490 e. The summed E-state index contributed by atoms with van der Waals surface area (Å²) in [5, 5.41) is 7.12. The van der Waals surface area contributed by atoms with Crippen molar-refractivity contribution in [2.24, 2.45) is 11.3 Å². The topological polar surface area (TPSA) is 107 Å². The van der Waals surface area contributed by atoms with E-state index in [4.69, 9.17) is 9.90 Å². The molecular formula is C20H21F3N4O4. The fourth-order valence-electron chi connectivity index (χ4n) is 4.01. The van der Waals surface area contributed by atoms with Gasteiger partial charge in [0.1, 0.15) is 5.69 Å². The van der Waals surface area contributed by atoms with Crippen LogP contribution in [-0.4, -0.2) is 63.6 Å². The number of alkyl halides is 3. The van der Waals surface area contributed by atoms with Crippen LogP contribution in [0.25, 0.3) is 0 Å². The lowest BCUT2D eigenvalue weighted by molar-refractivity contribution is -0.192. The van der Waals surface area contributed by atoms with E-state index in [0.29, 0.717) is 25.3 Å². The molecule has 2 fully saturated rings. The molecule has 2 aromatic heterocycles. The highest BCUT2D eigenvalue weighted by molar-refractivity contribution is 6.01. The SMILES string of the molecule is C[C@@H]1CN(C(=O)c2ccc[nH]2)C[C@]12CCN(c1cccnc1)C2=O.O=C(O)C(F)(F)F. The van der Waals surface area contributed by atoms with Gasteiger partial charge in [0.15, 0.2) is 0 Å². The summed E-state index contributed by atoms with van der Waals surface area (Å²) in [6.45, 7) is 3.86. The number of hydrogen-bond donors (Lipinski definition) is 2. The monoisotopic (exact) mass is 438 g/mol. The second-order valence-corrected chi connectivity index (χ2v) is 7.55. The van der Waals surface area contributed by atoms with Gasteiger partial charge in [-0.2, -0.15) is 13.2 Å². The van der Waals surface area contributed by atoms with E-state index in [1.165, 1.54) is 0 Å². The zero-order valence-corrected chi connectivity index (χ0v) is 16.6. The van der Waals surface area contributed by atoms with E-state index in [1.54, 1.807) is 29.6 Å². The van der Waals surface area contributed by atoms with Crippen LogP contribution in [0.3, 0.4) is 0 Å². The molecule has 11 heteroatoms. The number of H-pyrrole nitrogens is 1. The van der Waals surface area contributed by atoms with Crippen molar-refractivity contribution in [1.82, 2.24) is 14.9 Å². The van der Waals surface area contributed by atoms with Crippen LogP contribution in [0.2, 0.25) is 0 Å². The van der Waals surface area contributed by atoms with Crippen molar-refractivity contribution in [3.63, 3.8) is 0 Å². The lowest BCUT2D eigenvalue weighted by atomic mass is 9.78. The summed E-state index contributed by atoms with van der Waals surface area (Å²) in [4.78, 5) is 45.3. The van der Waals surface area contributed by atoms with Gasteiger partial charge in [-0.1, -0.05) is 6.92 Å². The van der Waals surface area contributed by atoms with Gasteiger partial charge in [-0.05, 0) is 36.6 Å². The Labute approximate surface area is 175 Å². The Morgan fingerprint density at radius 2 is 2.00 bits per heavy atom. The van der Waals surface area contributed by atoms with Gasteiger partial charge in [0.05, 0.1) is 17.3 Å². The molecule has 4 heterocycles. The Balaban J connectivity index is 0.000000339. The number of anilines is 1. The van der Waals surface area contributed by atoms with Gasteiger partial charge in [0.2, 0.25) is 5.91 Å². The Morgan fingerprint density at radius 1 is 1.29 bits per heavy atom. The number of hydrogen-bond acceptors (Lipinski definition) is 4. The Bertz CT molecular complexity index is 949. The first-order chi connectivity index (χ1) is 14.6. The standard InChI is InChI=1S/C18H20N4O2.C2HF3O2/c1-13-11-21(16(23)15-5-3-8-20-15)12-18(13)6-9-22(17(18)24)14-4-2-7-19-10-14;3-2(4,5)1(6)7/h2-5,7-8,10,13,20H,6,9,11-12H2,1H3;(H,6,7)/t13-,18-;/m1./s1. The first-order valence-corrected chi connectivity index (χ1v) is 9.51. The molecule has 2 aromatic rings. The first kappa shape index (κ1) is 22.3. The number of carboxylic acid groups (broad SMARTS) is 1. The van der Waals surface area contributed by atoms with Gasteiger partial charge in [-0.15, -0.1) is 0 Å². The summed E-state index contributed by atoms with van der Waals surface area (Å²) in [5.74, 6) is -2.53. The van der Waals surface area contributed by atoms with E-state index in [0.717, 1.165) is 12.1 Å². The maximum absolute atomic E-state index is 13.1. The number of aliphatic carboxylic acids is 1. The van der Waals surface area contributed by atoms with Crippen molar-refractivity contribution in [2.45, 2.75) is 19.5 Å². The number of pyridine rings is 1. The van der Waals surface area contributed by atoms with E-state index in [9.17, 15) is 22.8 Å². The van der Waals surface area contributed by atoms with Gasteiger partial charge >= 0.3 is 12.1 Å². The number of halogens is 3. The van der Waals surface area contributed by atoms with Crippen LogP contribution >= 0.6 is 0 Å². The van der Waals surface area contributed by atoms with Gasteiger partial charge in [0.25, 0.3) is 5.91 Å². The average Bonchev–Trinajstić information content (AvgIpc) is 3.44. The van der Waals surface area contributed by atoms with Gasteiger partial charge in [0, 0.05) is 32.0 Å². The van der Waals surface area contributed by atoms with Gasteiger partial charge < -0.3 is 19.9 Å². The molecule has 2 aliphatic rings. The molecule has 0 radical (unpaired) electrons. The Morgan fingerprint density at radius 3 is 2.55 bits per heavy atom. The number of likely N-dealkylation sites (tertiary alicyclic amines) is 1. The highest BCUT2D eigenvalue weighted by atomic mass is 19.4. The van der Waals surface area contributed by atoms with E-state index in [-0.39, 0.29) is 17.7 Å². The number of carbonyl (C=O) groups excluding carboxylic acids is 2. The number of nitrogens with one attached hydrogen (secondary N) is 1. The summed E-state index contributed by atoms with van der Waals surface area (Å²) in [7, 11) is 0. The molecule has 2 amide bonds. The lowest BCUT2D eigenvalue weighted by Crippen LogP contribution is -2.40. The van der Waals surface area contributed by atoms with Crippen LogP contribution in [0.1, 0.15) is 23.8 Å². The summed E-state index contributed by atoms with van der Waals surface area (Å²) < 4.78 is 31.7. The number of rotatable bonds is 2. The smallest absolute Gasteiger partial charge is 0.475 e. The second kappa shape index (κ2) is 8.40. The van der Waals surface area contributed by atoms with Crippen molar-refractivity contribution in [3.05, 3.63) is 48.5 Å². The summed E-state index contributed by atoms with van der Waals surface area (Å²) >= 11 is 0. The Hall–Kier alpha value is -3.37. The number of carbonyl (C=O) groups is 3. The predicted octanol–water partition coefficient (Wildman–Crippen LogP) is 2.56. The third-order valence-electron chi connectivity index (χ3n) is 5.68. The molecule has 0 saturated carbocycles. The highest BCUT2D eigenvalue weighted by Gasteiger charge is 2.56. The molecule has 2 aliphatic heterocycles. The van der Waals surface area contributed by atoms with E-state index < -0.39 is 17.6 Å².